The zero-order valence-corrected chi connectivity index (χ0v) is 55.7. The van der Waals surface area contributed by atoms with Crippen molar-refractivity contribution in [2.75, 3.05) is 40.0 Å². The summed E-state index contributed by atoms with van der Waals surface area (Å²) in [7, 11) is 1.80. The van der Waals surface area contributed by atoms with E-state index >= 15 is 0 Å². The van der Waals surface area contributed by atoms with E-state index in [1.54, 1.807) is 7.11 Å². The maximum atomic E-state index is 13.7. The van der Waals surface area contributed by atoms with Gasteiger partial charge in [0.1, 0.15) is 24.9 Å². The minimum absolute atomic E-state index is 0.0607. The molecule has 14 nitrogen and oxygen atoms in total. The molecule has 4 saturated carbocycles. The summed E-state index contributed by atoms with van der Waals surface area (Å²) < 4.78 is 42.5. The van der Waals surface area contributed by atoms with E-state index < -0.39 is 40.6 Å². The summed E-state index contributed by atoms with van der Waals surface area (Å²) in [5.74, 6) is -0.773. The minimum atomic E-state index is -1.04. The molecule has 87 heavy (non-hydrogen) atoms. The molecular weight excluding hydrogens is 1100 g/mol. The Morgan fingerprint density at radius 2 is 1.10 bits per heavy atom. The molecule has 7 atom stereocenters. The third-order valence-electron chi connectivity index (χ3n) is 21.8. The molecule has 8 rings (SSSR count). The van der Waals surface area contributed by atoms with Crippen LogP contribution in [0.2, 0.25) is 0 Å². The summed E-state index contributed by atoms with van der Waals surface area (Å²) in [4.78, 5) is 68.0. The van der Waals surface area contributed by atoms with Crippen molar-refractivity contribution in [2.24, 2.45) is 22.7 Å². The number of piperidine rings is 1. The van der Waals surface area contributed by atoms with Crippen LogP contribution in [0.3, 0.4) is 0 Å². The van der Waals surface area contributed by atoms with E-state index in [1.165, 1.54) is 140 Å². The van der Waals surface area contributed by atoms with Crippen molar-refractivity contribution in [3.05, 3.63) is 23.3 Å². The summed E-state index contributed by atoms with van der Waals surface area (Å²) >= 11 is 0. The molecular formula is C73H119NO13. The molecule has 0 amide bonds. The van der Waals surface area contributed by atoms with Crippen molar-refractivity contribution in [3.63, 3.8) is 0 Å². The van der Waals surface area contributed by atoms with Crippen molar-refractivity contribution in [3.8, 4) is 11.5 Å². The molecule has 0 radical (unpaired) electrons. The lowest BCUT2D eigenvalue weighted by atomic mass is 9.33. The molecule has 4 bridgehead atoms. The Bertz CT molecular complexity index is 2260. The van der Waals surface area contributed by atoms with Gasteiger partial charge in [0.2, 0.25) is 0 Å². The average molecular weight is 1220 g/mol. The molecule has 494 valence electrons. The average Bonchev–Trinajstić information content (AvgIpc) is 1.60. The third-order valence-corrected chi connectivity index (χ3v) is 21.8. The van der Waals surface area contributed by atoms with Crippen molar-refractivity contribution in [2.45, 2.75) is 333 Å². The van der Waals surface area contributed by atoms with Gasteiger partial charge in [0, 0.05) is 61.3 Å². The van der Waals surface area contributed by atoms with Gasteiger partial charge in [0.25, 0.3) is 0 Å². The second kappa shape index (κ2) is 34.6. The number of aliphatic hydroxyl groups is 1. The Morgan fingerprint density at radius 3 is 1.62 bits per heavy atom. The van der Waals surface area contributed by atoms with Gasteiger partial charge in [-0.15, -0.1) is 0 Å². The van der Waals surface area contributed by atoms with E-state index in [2.05, 4.69) is 45.6 Å². The normalized spacial score (nSPS) is 24.1. The van der Waals surface area contributed by atoms with Gasteiger partial charge < -0.3 is 38.3 Å². The van der Waals surface area contributed by atoms with E-state index in [-0.39, 0.29) is 86.7 Å². The van der Waals surface area contributed by atoms with E-state index in [0.29, 0.717) is 30.4 Å². The molecule has 14 heteroatoms. The molecule has 1 aromatic rings. The summed E-state index contributed by atoms with van der Waals surface area (Å²) in [6.45, 7) is 14.5. The molecule has 1 unspecified atom stereocenters. The summed E-state index contributed by atoms with van der Waals surface area (Å²) in [6.07, 6.45) is 38.0. The third kappa shape index (κ3) is 18.7. The predicted molar refractivity (Wildman–Crippen MR) is 341 cm³/mol. The summed E-state index contributed by atoms with van der Waals surface area (Å²) in [5.41, 5.74) is -0.187. The highest BCUT2D eigenvalue weighted by Crippen LogP contribution is 2.78. The number of nitrogens with zero attached hydrogens (tertiary/aromatic N) is 1. The molecule has 7 aliphatic rings. The number of unbranched alkanes of at least 4 members (excludes halogenated alkanes) is 25. The van der Waals surface area contributed by atoms with Gasteiger partial charge in [-0.05, 0) is 107 Å². The van der Waals surface area contributed by atoms with E-state index in [0.717, 1.165) is 102 Å². The van der Waals surface area contributed by atoms with Crippen LogP contribution >= 0.6 is 0 Å². The van der Waals surface area contributed by atoms with Crippen LogP contribution in [0.1, 0.15) is 303 Å². The highest BCUT2D eigenvalue weighted by molar-refractivity contribution is 5.78. The standard InChI is InChI=1S/C73H119NO13/c1-8-10-12-14-16-18-20-22-24-26-28-30-32-36-61(75)83-53-57(54-84-62(76)37-33-31-29-27-25-23-21-19-17-15-13-11-9-2)85-65(79)44-43-63(77)82-49-35-34-38-64(78)86-58-42-41-56-50-60-71-45-46-73(81-7,59(51-71)70(6,80)69(3,4)5)68-72(71,66(56)67(58)87-68)47-48-74(60)52-55-39-40-55/h41-42,55,57,59-60,68,80H,8-40,43-54H2,1-7H3/t59-,60?,68-,70+,71-,72+,73-/m1/s1. The molecule has 0 aromatic heterocycles. The molecule has 1 saturated heterocycles. The lowest BCUT2D eigenvalue weighted by molar-refractivity contribution is -0.312. The molecule has 5 fully saturated rings. The maximum absolute atomic E-state index is 13.7. The van der Waals surface area contributed by atoms with E-state index in [9.17, 15) is 29.1 Å². The fourth-order valence-electron chi connectivity index (χ4n) is 16.1. The van der Waals surface area contributed by atoms with Crippen LogP contribution in [-0.2, 0) is 59.5 Å². The van der Waals surface area contributed by atoms with Crippen LogP contribution in [0.4, 0.5) is 0 Å². The molecule has 2 heterocycles. The number of carbonyl (C=O) groups excluding carboxylic acids is 5. The summed E-state index contributed by atoms with van der Waals surface area (Å²) in [5, 5.41) is 12.6. The zero-order chi connectivity index (χ0) is 62.3. The van der Waals surface area contributed by atoms with Gasteiger partial charge in [0.05, 0.1) is 25.0 Å². The first-order valence-corrected chi connectivity index (χ1v) is 35.7. The largest absolute Gasteiger partial charge is 0.482 e. The molecule has 1 aromatic carbocycles. The van der Waals surface area contributed by atoms with E-state index in [4.69, 9.17) is 33.2 Å². The Hall–Kier alpha value is -3.75. The number of hydrogen-bond donors (Lipinski definition) is 1. The Morgan fingerprint density at radius 1 is 0.609 bits per heavy atom. The van der Waals surface area contributed by atoms with Gasteiger partial charge in [-0.3, -0.25) is 28.9 Å². The maximum Gasteiger partial charge on any atom is 0.311 e. The van der Waals surface area contributed by atoms with Crippen LogP contribution < -0.4 is 9.47 Å². The number of likely N-dealkylation sites (tertiary alicyclic amines) is 1. The first-order valence-electron chi connectivity index (χ1n) is 35.7. The van der Waals surface area contributed by atoms with Crippen molar-refractivity contribution in [1.29, 1.82) is 0 Å². The van der Waals surface area contributed by atoms with Gasteiger partial charge in [-0.2, -0.15) is 0 Å². The Balaban J connectivity index is 0.829. The SMILES string of the molecule is CCCCCCCCCCCCCCCC(=O)OCC(COC(=O)CCCCCCCCCCCCCCC)OC(=O)CCC(=O)OCCCCC(=O)Oc1ccc2c3c1O[C@H]1[C@@]4(OC)CC[C@@]5(C[C@@H]4[C@](C)(O)C(C)(C)C)C(C2)N(CC2CC2)CC[C@]315. The minimum Gasteiger partial charge on any atom is -0.482 e. The number of esters is 5. The smallest absolute Gasteiger partial charge is 0.311 e. The number of benzene rings is 1. The highest BCUT2D eigenvalue weighted by atomic mass is 16.6. The van der Waals surface area contributed by atoms with Gasteiger partial charge >= 0.3 is 29.8 Å². The van der Waals surface area contributed by atoms with Crippen LogP contribution in [0.15, 0.2) is 12.1 Å². The lowest BCUT2D eigenvalue weighted by Crippen LogP contribution is -2.83. The topological polar surface area (TPSA) is 173 Å². The number of rotatable bonds is 46. The number of fused-ring (bicyclic) bond motifs is 2. The Kier molecular flexibility index (Phi) is 28.1. The molecule has 2 aliphatic heterocycles. The highest BCUT2D eigenvalue weighted by Gasteiger charge is 2.82. The fourth-order valence-corrected chi connectivity index (χ4v) is 16.1. The van der Waals surface area contributed by atoms with Crippen molar-refractivity contribution >= 4 is 29.8 Å². The first-order chi connectivity index (χ1) is 42.0. The first kappa shape index (κ1) is 70.7. The van der Waals surface area contributed by atoms with Gasteiger partial charge in [-0.25, -0.2) is 0 Å². The Labute approximate surface area is 525 Å². The lowest BCUT2D eigenvalue weighted by Gasteiger charge is -2.75. The molecule has 2 spiro atoms. The fraction of sp³-hybridized carbons (Fsp3) is 0.849. The molecule has 5 aliphatic carbocycles. The quantitative estimate of drug-likeness (QED) is 0.0283. The van der Waals surface area contributed by atoms with Crippen LogP contribution in [0.25, 0.3) is 0 Å². The summed E-state index contributed by atoms with van der Waals surface area (Å²) in [6, 6.07) is 4.38. The monoisotopic (exact) mass is 1220 g/mol. The van der Waals surface area contributed by atoms with Gasteiger partial charge in [0.15, 0.2) is 17.6 Å². The van der Waals surface area contributed by atoms with Crippen LogP contribution in [0.5, 0.6) is 11.5 Å². The van der Waals surface area contributed by atoms with Crippen LogP contribution in [0, 0.1) is 22.7 Å². The number of carbonyl (C=O) groups is 5. The predicted octanol–water partition coefficient (Wildman–Crippen LogP) is 16.1. The van der Waals surface area contributed by atoms with Crippen molar-refractivity contribution in [1.82, 2.24) is 4.90 Å². The number of methoxy groups -OCH3 is 1. The second-order valence-electron chi connectivity index (χ2n) is 28.9. The van der Waals surface area contributed by atoms with Crippen molar-refractivity contribution < 1.29 is 62.2 Å². The molecule has 1 N–H and O–H groups in total. The van der Waals surface area contributed by atoms with Gasteiger partial charge in [-0.1, -0.05) is 195 Å². The zero-order valence-electron chi connectivity index (χ0n) is 55.7. The van der Waals surface area contributed by atoms with Crippen LogP contribution in [-0.4, -0.2) is 109 Å². The number of hydrogen-bond acceptors (Lipinski definition) is 14. The van der Waals surface area contributed by atoms with E-state index in [1.807, 2.05) is 13.0 Å². The number of ether oxygens (including phenoxy) is 7. The second-order valence-corrected chi connectivity index (χ2v) is 28.9.